The highest BCUT2D eigenvalue weighted by Crippen LogP contribution is 2.22. The lowest BCUT2D eigenvalue weighted by atomic mass is 10.0. The van der Waals surface area contributed by atoms with Gasteiger partial charge in [-0.1, -0.05) is 64.1 Å². The van der Waals surface area contributed by atoms with E-state index >= 15 is 0 Å². The lowest BCUT2D eigenvalue weighted by Crippen LogP contribution is -3.00. The fourth-order valence-corrected chi connectivity index (χ4v) is 6.01. The van der Waals surface area contributed by atoms with Crippen LogP contribution in [0.2, 0.25) is 0 Å². The lowest BCUT2D eigenvalue weighted by molar-refractivity contribution is -0.726. The van der Waals surface area contributed by atoms with Gasteiger partial charge in [0.25, 0.3) is 0 Å². The Morgan fingerprint density at radius 3 is 0.912 bits per heavy atom. The summed E-state index contributed by atoms with van der Waals surface area (Å²) in [7, 11) is -12.0. The molecule has 0 radical (unpaired) electrons. The van der Waals surface area contributed by atoms with Gasteiger partial charge in [-0.2, -0.15) is 9.13 Å². The first-order chi connectivity index (χ1) is 26.0. The summed E-state index contributed by atoms with van der Waals surface area (Å²) in [6.07, 6.45) is 18.5. The van der Waals surface area contributed by atoms with Gasteiger partial charge < -0.3 is 82.5 Å². The molecule has 0 saturated heterocycles. The van der Waals surface area contributed by atoms with E-state index in [1.165, 1.54) is 44.8 Å². The SMILES string of the molecule is CC(C)c1ccccc1-[n+]1ccc(-c2cc[n+](CCC[n+]3ccc(-c4cc[n+](-c5ccccc5C(C)C)cc4)cc3)cc2)cc1.F[B-](F)(F)F.F[B-](F)(F)F.[I-].[I-]. The average molecular weight is 1020 g/mol. The minimum atomic E-state index is -6.00. The van der Waals surface area contributed by atoms with Gasteiger partial charge in [0.15, 0.2) is 62.7 Å². The standard InChI is InChI=1S/C41H44N4.2BF4.2HI/c1-32(2)38-10-5-7-12-40(38)44-28-18-36(19-29-44)34-14-24-42(25-15-34)22-9-23-43-26-16-35(17-27-43)37-20-30-45(31-21-37)41-13-8-6-11-39(41)33(3)4;2*2-1(3,4)5;;/h5-8,10-21,24-33H,9,22-23H2,1-4H3;;;2*1H/q+4;2*-1;;/p-2. The minimum Gasteiger partial charge on any atom is -1.00 e. The van der Waals surface area contributed by atoms with Gasteiger partial charge >= 0.3 is 14.5 Å². The molecule has 0 aliphatic heterocycles. The minimum absolute atomic E-state index is 0. The van der Waals surface area contributed by atoms with Gasteiger partial charge in [0.2, 0.25) is 11.4 Å². The molecule has 0 fully saturated rings. The largest absolute Gasteiger partial charge is 1.00 e. The number of aromatic nitrogens is 4. The first-order valence-electron chi connectivity index (χ1n) is 17.9. The molecular formula is C41H44B2F8I2N4. The number of aryl methyl sites for hydroxylation is 2. The van der Waals surface area contributed by atoms with Gasteiger partial charge in [0, 0.05) is 71.8 Å². The van der Waals surface area contributed by atoms with Crippen LogP contribution in [0.15, 0.2) is 147 Å². The Balaban J connectivity index is 0.000000835. The van der Waals surface area contributed by atoms with E-state index in [-0.39, 0.29) is 48.0 Å². The molecule has 0 aliphatic carbocycles. The smallest absolute Gasteiger partial charge is 0.673 e. The molecule has 57 heavy (non-hydrogen) atoms. The van der Waals surface area contributed by atoms with E-state index < -0.39 is 14.5 Å². The fraction of sp³-hybridized carbons (Fsp3) is 0.220. The van der Waals surface area contributed by atoms with Crippen molar-refractivity contribution in [2.24, 2.45) is 0 Å². The van der Waals surface area contributed by atoms with Crippen molar-refractivity contribution in [1.82, 2.24) is 0 Å². The summed E-state index contributed by atoms with van der Waals surface area (Å²) < 4.78 is 87.0. The highest BCUT2D eigenvalue weighted by atomic mass is 127. The number of nitrogens with zero attached hydrogens (tertiary/aromatic N) is 4. The number of benzene rings is 2. The van der Waals surface area contributed by atoms with E-state index in [1.54, 1.807) is 0 Å². The van der Waals surface area contributed by atoms with E-state index in [2.05, 4.69) is 193 Å². The molecule has 0 aliphatic rings. The van der Waals surface area contributed by atoms with Crippen LogP contribution in [0.3, 0.4) is 0 Å². The van der Waals surface area contributed by atoms with Gasteiger partial charge in [0.05, 0.1) is 6.42 Å². The quantitative estimate of drug-likeness (QED) is 0.0853. The molecule has 4 aromatic heterocycles. The van der Waals surface area contributed by atoms with Gasteiger partial charge in [-0.15, -0.1) is 0 Å². The fourth-order valence-electron chi connectivity index (χ4n) is 6.01. The summed E-state index contributed by atoms with van der Waals surface area (Å²) in [5.74, 6) is 0.967. The van der Waals surface area contributed by atoms with E-state index in [0.717, 1.165) is 19.5 Å². The van der Waals surface area contributed by atoms with Gasteiger partial charge in [-0.25, -0.2) is 9.13 Å². The van der Waals surface area contributed by atoms with Gasteiger partial charge in [0.1, 0.15) is 0 Å². The number of rotatable bonds is 10. The van der Waals surface area contributed by atoms with Crippen LogP contribution in [0.5, 0.6) is 0 Å². The van der Waals surface area contributed by atoms with Crippen molar-refractivity contribution >= 4 is 14.5 Å². The summed E-state index contributed by atoms with van der Waals surface area (Å²) in [4.78, 5) is 0. The van der Waals surface area contributed by atoms with Crippen LogP contribution in [-0.4, -0.2) is 14.5 Å². The van der Waals surface area contributed by atoms with Crippen molar-refractivity contribution in [2.45, 2.75) is 59.0 Å². The summed E-state index contributed by atoms with van der Waals surface area (Å²) in [5, 5.41) is 0. The number of para-hydroxylation sites is 2. The monoisotopic (exact) mass is 1020 g/mol. The summed E-state index contributed by atoms with van der Waals surface area (Å²) in [6, 6.07) is 35.0. The molecule has 304 valence electrons. The molecular weight excluding hydrogens is 976 g/mol. The van der Waals surface area contributed by atoms with Crippen molar-refractivity contribution in [1.29, 1.82) is 0 Å². The topological polar surface area (TPSA) is 15.5 Å². The lowest BCUT2D eigenvalue weighted by Gasteiger charge is -2.08. The number of hydrogen-bond donors (Lipinski definition) is 0. The maximum Gasteiger partial charge on any atom is 0.673 e. The molecule has 2 aromatic carbocycles. The van der Waals surface area contributed by atoms with Crippen molar-refractivity contribution in [3.05, 3.63) is 158 Å². The summed E-state index contributed by atoms with van der Waals surface area (Å²) >= 11 is 0. The Morgan fingerprint density at radius 2 is 0.649 bits per heavy atom. The molecule has 4 nitrogen and oxygen atoms in total. The Kier molecular flexibility index (Phi) is 19.7. The highest BCUT2D eigenvalue weighted by molar-refractivity contribution is 6.50. The molecule has 0 saturated carbocycles. The Hall–Kier alpha value is -3.93. The maximum absolute atomic E-state index is 9.75. The number of halogens is 10. The molecule has 4 heterocycles. The molecule has 0 spiro atoms. The van der Waals surface area contributed by atoms with Crippen molar-refractivity contribution in [3.8, 4) is 33.6 Å². The van der Waals surface area contributed by atoms with Crippen molar-refractivity contribution < 1.29 is 101 Å². The van der Waals surface area contributed by atoms with Crippen LogP contribution < -0.4 is 66.2 Å². The third-order valence-corrected chi connectivity index (χ3v) is 8.61. The molecule has 16 heteroatoms. The maximum atomic E-state index is 9.75. The Labute approximate surface area is 363 Å². The van der Waals surface area contributed by atoms with E-state index in [4.69, 9.17) is 0 Å². The van der Waals surface area contributed by atoms with E-state index in [1.807, 2.05) is 0 Å². The highest BCUT2D eigenvalue weighted by Gasteiger charge is 2.21. The second-order valence-corrected chi connectivity index (χ2v) is 13.4. The molecule has 0 unspecified atom stereocenters. The third kappa shape index (κ3) is 16.8. The van der Waals surface area contributed by atoms with E-state index in [9.17, 15) is 34.5 Å². The molecule has 0 amide bonds. The molecule has 6 rings (SSSR count). The van der Waals surface area contributed by atoms with Crippen molar-refractivity contribution in [2.75, 3.05) is 0 Å². The van der Waals surface area contributed by atoms with Crippen molar-refractivity contribution in [3.63, 3.8) is 0 Å². The zero-order valence-electron chi connectivity index (χ0n) is 31.9. The zero-order valence-corrected chi connectivity index (χ0v) is 36.2. The second-order valence-electron chi connectivity index (χ2n) is 13.4. The summed E-state index contributed by atoms with van der Waals surface area (Å²) in [6.45, 7) is 10.9. The normalized spacial score (nSPS) is 11.1. The van der Waals surface area contributed by atoms with Crippen LogP contribution in [0.1, 0.15) is 57.1 Å². The number of hydrogen-bond acceptors (Lipinski definition) is 0. The van der Waals surface area contributed by atoms with Gasteiger partial charge in [-0.05, 0) is 34.1 Å². The molecule has 0 N–H and O–H groups in total. The first kappa shape index (κ1) is 49.2. The first-order valence-corrected chi connectivity index (χ1v) is 17.9. The third-order valence-electron chi connectivity index (χ3n) is 8.61. The molecule has 0 atom stereocenters. The number of pyridine rings is 4. The molecule has 0 bridgehead atoms. The van der Waals surface area contributed by atoms with Crippen LogP contribution in [-0.2, 0) is 13.1 Å². The zero-order chi connectivity index (χ0) is 40.2. The van der Waals surface area contributed by atoms with Crippen LogP contribution >= 0.6 is 0 Å². The Bertz CT molecular complexity index is 1920. The average Bonchev–Trinajstić information content (AvgIpc) is 3.14. The Morgan fingerprint density at radius 1 is 0.404 bits per heavy atom. The molecule has 6 aromatic rings. The second kappa shape index (κ2) is 22.9. The predicted octanol–water partition coefficient (Wildman–Crippen LogP) is 4.09. The predicted molar refractivity (Wildman–Crippen MR) is 200 cm³/mol. The van der Waals surface area contributed by atoms with Crippen LogP contribution in [0, 0.1) is 0 Å². The summed E-state index contributed by atoms with van der Waals surface area (Å²) in [5.41, 5.74) is 10.1. The van der Waals surface area contributed by atoms with Crippen LogP contribution in [0.4, 0.5) is 34.5 Å². The van der Waals surface area contributed by atoms with Crippen LogP contribution in [0.25, 0.3) is 33.6 Å². The van der Waals surface area contributed by atoms with E-state index in [0.29, 0.717) is 11.8 Å². The van der Waals surface area contributed by atoms with Gasteiger partial charge in [-0.3, -0.25) is 0 Å².